The number of carbonyl (C=O) groups excluding carboxylic acids is 3. The molecule has 40 heavy (non-hydrogen) atoms. The van der Waals surface area contributed by atoms with Gasteiger partial charge in [0.25, 0.3) is 11.8 Å². The van der Waals surface area contributed by atoms with Gasteiger partial charge in [0.15, 0.2) is 0 Å². The largest absolute Gasteiger partial charge is 0.733 e. The fourth-order valence-electron chi connectivity index (χ4n) is 3.45. The highest BCUT2D eigenvalue weighted by Crippen LogP contribution is 2.13. The standard InChI is InChI=1S/C28H28N5O7/c1-18(34)26(28(37)32-38)31-27(36)22-10-4-19(5-11-22)2-3-20-6-12-23(13-7-20)30-25(35)17-29-16-21-8-14-24(15-9-21)33(39)40/h4-15,18,26,29,34,38-39H,16-17H2,1H3,(H,30,35)(H,31,36)(H,32,37)/q-1/t18-,26+/m1/s1. The smallest absolute Gasteiger partial charge is 0.268 e. The summed E-state index contributed by atoms with van der Waals surface area (Å²) < 4.78 is 0. The Bertz CT molecular complexity index is 1360. The van der Waals surface area contributed by atoms with Gasteiger partial charge in [-0.05, 0) is 73.2 Å². The number of nitrogens with zero attached hydrogens (tertiary/aromatic N) is 1. The summed E-state index contributed by atoms with van der Waals surface area (Å²) in [4.78, 5) is 36.2. The Labute approximate surface area is 230 Å². The van der Waals surface area contributed by atoms with Gasteiger partial charge < -0.3 is 31.5 Å². The average molecular weight is 547 g/mol. The molecule has 0 fully saturated rings. The van der Waals surface area contributed by atoms with E-state index in [4.69, 9.17) is 10.4 Å². The normalized spacial score (nSPS) is 11.8. The minimum atomic E-state index is -1.31. The minimum absolute atomic E-state index is 0.0688. The van der Waals surface area contributed by atoms with E-state index in [-0.39, 0.29) is 28.9 Å². The molecule has 3 aromatic rings. The van der Waals surface area contributed by atoms with Gasteiger partial charge in [0.2, 0.25) is 5.91 Å². The Morgan fingerprint density at radius 2 is 1.50 bits per heavy atom. The predicted octanol–water partition coefficient (Wildman–Crippen LogP) is 1.49. The third-order valence-electron chi connectivity index (χ3n) is 5.60. The van der Waals surface area contributed by atoms with Crippen molar-refractivity contribution in [3.63, 3.8) is 0 Å². The number of amides is 3. The molecule has 0 saturated carbocycles. The van der Waals surface area contributed by atoms with E-state index in [0.29, 0.717) is 23.4 Å². The van der Waals surface area contributed by atoms with Gasteiger partial charge in [-0.25, -0.2) is 5.48 Å². The third-order valence-corrected chi connectivity index (χ3v) is 5.60. The van der Waals surface area contributed by atoms with Gasteiger partial charge in [-0.1, -0.05) is 24.0 Å². The molecular formula is C28H28N5O7-. The maximum absolute atomic E-state index is 12.4. The second-order valence-corrected chi connectivity index (χ2v) is 8.66. The molecule has 0 bridgehead atoms. The monoisotopic (exact) mass is 546 g/mol. The van der Waals surface area contributed by atoms with Crippen molar-refractivity contribution in [1.82, 2.24) is 16.1 Å². The highest BCUT2D eigenvalue weighted by molar-refractivity contribution is 5.97. The predicted molar refractivity (Wildman–Crippen MR) is 146 cm³/mol. The van der Waals surface area contributed by atoms with Crippen molar-refractivity contribution < 1.29 is 29.9 Å². The van der Waals surface area contributed by atoms with E-state index >= 15 is 0 Å². The van der Waals surface area contributed by atoms with Gasteiger partial charge >= 0.3 is 0 Å². The lowest BCUT2D eigenvalue weighted by Gasteiger charge is -2.21. The molecule has 0 radical (unpaired) electrons. The van der Waals surface area contributed by atoms with Crippen LogP contribution in [0.15, 0.2) is 72.8 Å². The third kappa shape index (κ3) is 8.91. The van der Waals surface area contributed by atoms with Crippen LogP contribution in [0.3, 0.4) is 0 Å². The molecule has 3 rings (SSSR count). The number of carbonyl (C=O) groups is 3. The molecule has 3 amide bonds. The van der Waals surface area contributed by atoms with Gasteiger partial charge in [0.1, 0.15) is 6.04 Å². The van der Waals surface area contributed by atoms with Gasteiger partial charge in [0.05, 0.1) is 18.3 Å². The highest BCUT2D eigenvalue weighted by Gasteiger charge is 2.25. The van der Waals surface area contributed by atoms with Gasteiger partial charge in [-0.2, -0.15) is 0 Å². The van der Waals surface area contributed by atoms with Crippen LogP contribution in [-0.2, 0) is 16.1 Å². The van der Waals surface area contributed by atoms with Crippen LogP contribution in [0.2, 0.25) is 0 Å². The summed E-state index contributed by atoms with van der Waals surface area (Å²) in [7, 11) is 0. The number of hydrogen-bond acceptors (Lipinski definition) is 9. The molecule has 0 aliphatic carbocycles. The summed E-state index contributed by atoms with van der Waals surface area (Å²) in [5.74, 6) is 4.20. The van der Waals surface area contributed by atoms with Crippen molar-refractivity contribution >= 4 is 29.1 Å². The summed E-state index contributed by atoms with van der Waals surface area (Å²) >= 11 is 0. The van der Waals surface area contributed by atoms with E-state index in [0.717, 1.165) is 5.56 Å². The quantitative estimate of drug-likeness (QED) is 0.112. The number of aliphatic hydroxyl groups excluding tert-OH is 1. The van der Waals surface area contributed by atoms with Crippen LogP contribution in [0.5, 0.6) is 0 Å². The van der Waals surface area contributed by atoms with Crippen molar-refractivity contribution in [2.45, 2.75) is 25.6 Å². The summed E-state index contributed by atoms with van der Waals surface area (Å²) in [6.07, 6.45) is -1.21. The molecule has 2 atom stereocenters. The average Bonchev–Trinajstić information content (AvgIpc) is 2.95. The molecule has 0 aliphatic heterocycles. The van der Waals surface area contributed by atoms with E-state index in [1.807, 2.05) is 0 Å². The first-order valence-corrected chi connectivity index (χ1v) is 12.1. The number of hydrogen-bond donors (Lipinski definition) is 7. The van der Waals surface area contributed by atoms with E-state index in [2.05, 4.69) is 27.8 Å². The second kappa shape index (κ2) is 14.4. The lowest BCUT2D eigenvalue weighted by atomic mass is 10.1. The summed E-state index contributed by atoms with van der Waals surface area (Å²) in [5, 5.41) is 46.0. The number of rotatable bonds is 10. The van der Waals surface area contributed by atoms with Crippen LogP contribution < -0.4 is 26.7 Å². The summed E-state index contributed by atoms with van der Waals surface area (Å²) in [5.41, 5.74) is 4.55. The van der Waals surface area contributed by atoms with Gasteiger partial charge in [-0.15, -0.1) is 0 Å². The molecule has 0 aliphatic rings. The van der Waals surface area contributed by atoms with Crippen molar-refractivity contribution in [3.05, 3.63) is 100 Å². The Hall–Kier alpha value is -4.77. The van der Waals surface area contributed by atoms with E-state index in [1.54, 1.807) is 48.5 Å². The topological polar surface area (TPSA) is 186 Å². The first kappa shape index (κ1) is 29.8. The molecular weight excluding hydrogens is 518 g/mol. The van der Waals surface area contributed by atoms with Crippen LogP contribution in [0.4, 0.5) is 11.4 Å². The number of hydroxylamine groups is 1. The fraction of sp³-hybridized carbons (Fsp3) is 0.179. The van der Waals surface area contributed by atoms with Crippen LogP contribution in [0.25, 0.3) is 0 Å². The van der Waals surface area contributed by atoms with Crippen LogP contribution in [-0.4, -0.2) is 51.9 Å². The molecule has 0 saturated heterocycles. The number of aliphatic hydroxyl groups is 1. The lowest BCUT2D eigenvalue weighted by molar-refractivity contribution is -0.133. The summed E-state index contributed by atoms with van der Waals surface area (Å²) in [6, 6.07) is 18.2. The molecule has 0 heterocycles. The van der Waals surface area contributed by atoms with Gasteiger partial charge in [-0.3, -0.25) is 24.8 Å². The van der Waals surface area contributed by atoms with Crippen molar-refractivity contribution in [1.29, 1.82) is 0 Å². The Morgan fingerprint density at radius 1 is 0.925 bits per heavy atom. The molecule has 3 aromatic carbocycles. The molecule has 0 unspecified atom stereocenters. The highest BCUT2D eigenvalue weighted by atomic mass is 16.8. The molecule has 0 aromatic heterocycles. The van der Waals surface area contributed by atoms with E-state index < -0.39 is 24.0 Å². The van der Waals surface area contributed by atoms with Crippen LogP contribution >= 0.6 is 0 Å². The lowest BCUT2D eigenvalue weighted by Crippen LogP contribution is -2.51. The zero-order valence-corrected chi connectivity index (χ0v) is 21.4. The van der Waals surface area contributed by atoms with Gasteiger partial charge in [0, 0.05) is 28.9 Å². The molecule has 0 spiro atoms. The van der Waals surface area contributed by atoms with Crippen LogP contribution in [0, 0.1) is 17.0 Å². The number of benzene rings is 3. The fourth-order valence-corrected chi connectivity index (χ4v) is 3.45. The van der Waals surface area contributed by atoms with Crippen LogP contribution in [0.1, 0.15) is 34.0 Å². The van der Waals surface area contributed by atoms with E-state index in [9.17, 15) is 24.7 Å². The van der Waals surface area contributed by atoms with Crippen molar-refractivity contribution in [2.75, 3.05) is 17.1 Å². The second-order valence-electron chi connectivity index (χ2n) is 8.66. The van der Waals surface area contributed by atoms with Crippen molar-refractivity contribution in [3.8, 4) is 11.8 Å². The summed E-state index contributed by atoms with van der Waals surface area (Å²) in [6.45, 7) is 1.78. The number of anilines is 2. The Morgan fingerprint density at radius 3 is 2.02 bits per heavy atom. The zero-order valence-electron chi connectivity index (χ0n) is 21.4. The zero-order chi connectivity index (χ0) is 29.1. The van der Waals surface area contributed by atoms with E-state index in [1.165, 1.54) is 36.7 Å². The Balaban J connectivity index is 1.48. The molecule has 208 valence electrons. The SMILES string of the molecule is C[C@@H](O)[C@H](NC(=O)c1ccc(C#Cc2ccc(NC(=O)CNCc3ccc(N([O-])O)cc3)cc2)cc1)C(=O)NO. The number of nitrogens with one attached hydrogen (secondary N) is 4. The van der Waals surface area contributed by atoms with Crippen molar-refractivity contribution in [2.24, 2.45) is 0 Å². The molecule has 7 N–H and O–H groups in total. The maximum atomic E-state index is 12.4. The maximum Gasteiger partial charge on any atom is 0.268 e. The Kier molecular flexibility index (Phi) is 10.7. The first-order chi connectivity index (χ1) is 19.2. The molecule has 12 nitrogen and oxygen atoms in total. The molecule has 12 heteroatoms. The first-order valence-electron chi connectivity index (χ1n) is 12.1. The minimum Gasteiger partial charge on any atom is -0.733 e.